The smallest absolute Gasteiger partial charge is 0.158 e. The molecule has 1 aliphatic rings. The highest BCUT2D eigenvalue weighted by Crippen LogP contribution is 2.23. The second kappa shape index (κ2) is 7.46. The summed E-state index contributed by atoms with van der Waals surface area (Å²) in [5, 5.41) is 3.54. The predicted molar refractivity (Wildman–Crippen MR) is 58.9 cm³/mol. The van der Waals surface area contributed by atoms with Crippen molar-refractivity contribution in [3.05, 3.63) is 10.4 Å². The molecule has 0 N–H and O–H groups in total. The van der Waals surface area contributed by atoms with Crippen LogP contribution in [0.5, 0.6) is 0 Å². The maximum absolute atomic E-state index is 8.31. The molecule has 0 aliphatic carbocycles. The Morgan fingerprint density at radius 2 is 2.06 bits per heavy atom. The summed E-state index contributed by atoms with van der Waals surface area (Å²) in [6, 6.07) is 0. The molecule has 0 radical (unpaired) electrons. The van der Waals surface area contributed by atoms with Crippen molar-refractivity contribution in [1.29, 1.82) is 0 Å². The molecule has 0 spiro atoms. The lowest BCUT2D eigenvalue weighted by atomic mass is 10.0. The Balaban J connectivity index is 2.50. The first-order valence-electron chi connectivity index (χ1n) is 5.71. The van der Waals surface area contributed by atoms with Crippen LogP contribution in [0.25, 0.3) is 10.4 Å². The summed E-state index contributed by atoms with van der Waals surface area (Å²) < 4.78 is 16.6. The van der Waals surface area contributed by atoms with Gasteiger partial charge in [-0.1, -0.05) is 5.11 Å². The third kappa shape index (κ3) is 3.98. The quantitative estimate of drug-likeness (QED) is 0.398. The fourth-order valence-electron chi connectivity index (χ4n) is 1.83. The minimum atomic E-state index is -0.194. The molecule has 0 bridgehead atoms. The van der Waals surface area contributed by atoms with E-state index in [4.69, 9.17) is 19.7 Å². The molecule has 1 aliphatic heterocycles. The van der Waals surface area contributed by atoms with E-state index in [2.05, 4.69) is 10.0 Å². The standard InChI is InChI=1S/C10H19N3O3/c1-3-14-8-5-6-10(15-4-2)16-9(8)7-12-13-11/h8-10H,3-7H2,1-2H3/t8-,9-,10+/m1/s1. The van der Waals surface area contributed by atoms with Crippen molar-refractivity contribution in [3.63, 3.8) is 0 Å². The van der Waals surface area contributed by atoms with Gasteiger partial charge < -0.3 is 14.2 Å². The van der Waals surface area contributed by atoms with E-state index in [0.717, 1.165) is 12.8 Å². The van der Waals surface area contributed by atoms with Crippen molar-refractivity contribution in [1.82, 2.24) is 0 Å². The molecule has 1 saturated heterocycles. The molecular weight excluding hydrogens is 210 g/mol. The average Bonchev–Trinajstić information content (AvgIpc) is 2.30. The number of ether oxygens (including phenoxy) is 3. The summed E-state index contributed by atoms with van der Waals surface area (Å²) in [7, 11) is 0. The van der Waals surface area contributed by atoms with Gasteiger partial charge in [-0.25, -0.2) is 0 Å². The van der Waals surface area contributed by atoms with Gasteiger partial charge in [0.2, 0.25) is 0 Å². The molecule has 16 heavy (non-hydrogen) atoms. The van der Waals surface area contributed by atoms with Crippen molar-refractivity contribution in [2.45, 2.75) is 45.2 Å². The van der Waals surface area contributed by atoms with E-state index in [1.54, 1.807) is 0 Å². The Hall–Kier alpha value is -0.810. The van der Waals surface area contributed by atoms with Crippen LogP contribution in [-0.2, 0) is 14.2 Å². The molecule has 3 atom stereocenters. The molecule has 0 saturated carbocycles. The van der Waals surface area contributed by atoms with Gasteiger partial charge in [0, 0.05) is 24.5 Å². The van der Waals surface area contributed by atoms with Gasteiger partial charge in [0.15, 0.2) is 6.29 Å². The van der Waals surface area contributed by atoms with Crippen LogP contribution < -0.4 is 0 Å². The summed E-state index contributed by atoms with van der Waals surface area (Å²) in [5.74, 6) is 0. The Labute approximate surface area is 95.5 Å². The largest absolute Gasteiger partial charge is 0.376 e. The summed E-state index contributed by atoms with van der Waals surface area (Å²) in [6.45, 7) is 5.43. The van der Waals surface area contributed by atoms with Gasteiger partial charge in [-0.05, 0) is 25.8 Å². The van der Waals surface area contributed by atoms with Crippen LogP contribution in [0.4, 0.5) is 0 Å². The van der Waals surface area contributed by atoms with Gasteiger partial charge in [0.05, 0.1) is 18.8 Å². The van der Waals surface area contributed by atoms with Crippen molar-refractivity contribution in [2.24, 2.45) is 5.11 Å². The normalized spacial score (nSPS) is 29.8. The summed E-state index contributed by atoms with van der Waals surface area (Å²) >= 11 is 0. The molecule has 0 amide bonds. The minimum Gasteiger partial charge on any atom is -0.376 e. The lowest BCUT2D eigenvalue weighted by Crippen LogP contribution is -2.43. The fourth-order valence-corrected chi connectivity index (χ4v) is 1.83. The van der Waals surface area contributed by atoms with E-state index < -0.39 is 0 Å². The fraction of sp³-hybridized carbons (Fsp3) is 1.00. The van der Waals surface area contributed by atoms with Crippen molar-refractivity contribution in [3.8, 4) is 0 Å². The topological polar surface area (TPSA) is 76.5 Å². The Morgan fingerprint density at radius 3 is 2.69 bits per heavy atom. The van der Waals surface area contributed by atoms with Crippen LogP contribution in [0.3, 0.4) is 0 Å². The van der Waals surface area contributed by atoms with Gasteiger partial charge >= 0.3 is 0 Å². The van der Waals surface area contributed by atoms with E-state index in [1.807, 2.05) is 13.8 Å². The van der Waals surface area contributed by atoms with Crippen LogP contribution in [0.2, 0.25) is 0 Å². The molecule has 1 rings (SSSR count). The van der Waals surface area contributed by atoms with Gasteiger partial charge in [-0.2, -0.15) is 0 Å². The minimum absolute atomic E-state index is 0.00667. The van der Waals surface area contributed by atoms with Crippen molar-refractivity contribution < 1.29 is 14.2 Å². The van der Waals surface area contributed by atoms with Gasteiger partial charge in [0.25, 0.3) is 0 Å². The van der Waals surface area contributed by atoms with Gasteiger partial charge in [0.1, 0.15) is 0 Å². The highest BCUT2D eigenvalue weighted by atomic mass is 16.7. The maximum Gasteiger partial charge on any atom is 0.158 e. The number of azide groups is 1. The second-order valence-electron chi connectivity index (χ2n) is 3.54. The molecular formula is C10H19N3O3. The first kappa shape index (κ1) is 13.3. The predicted octanol–water partition coefficient (Wildman–Crippen LogP) is 2.24. The maximum atomic E-state index is 8.31. The zero-order chi connectivity index (χ0) is 11.8. The van der Waals surface area contributed by atoms with Crippen LogP contribution >= 0.6 is 0 Å². The van der Waals surface area contributed by atoms with Gasteiger partial charge in [-0.3, -0.25) is 0 Å². The third-order valence-corrected chi connectivity index (χ3v) is 2.49. The summed E-state index contributed by atoms with van der Waals surface area (Å²) in [6.07, 6.45) is 1.32. The van der Waals surface area contributed by atoms with Crippen LogP contribution in [-0.4, -0.2) is 38.3 Å². The Bertz CT molecular complexity index is 243. The summed E-state index contributed by atoms with van der Waals surface area (Å²) in [4.78, 5) is 2.74. The average molecular weight is 229 g/mol. The number of nitrogens with zero attached hydrogens (tertiary/aromatic N) is 3. The number of rotatable bonds is 6. The monoisotopic (exact) mass is 229 g/mol. The van der Waals surface area contributed by atoms with Crippen molar-refractivity contribution >= 4 is 0 Å². The van der Waals surface area contributed by atoms with E-state index >= 15 is 0 Å². The molecule has 6 nitrogen and oxygen atoms in total. The van der Waals surface area contributed by atoms with Crippen LogP contribution in [0.1, 0.15) is 26.7 Å². The van der Waals surface area contributed by atoms with Crippen molar-refractivity contribution in [2.75, 3.05) is 19.8 Å². The Kier molecular flexibility index (Phi) is 6.18. The van der Waals surface area contributed by atoms with E-state index in [9.17, 15) is 0 Å². The highest BCUT2D eigenvalue weighted by Gasteiger charge is 2.31. The van der Waals surface area contributed by atoms with E-state index in [-0.39, 0.29) is 18.5 Å². The second-order valence-corrected chi connectivity index (χ2v) is 3.54. The van der Waals surface area contributed by atoms with E-state index in [1.165, 1.54) is 0 Å². The molecule has 0 aromatic carbocycles. The lowest BCUT2D eigenvalue weighted by molar-refractivity contribution is -0.224. The molecule has 1 fully saturated rings. The highest BCUT2D eigenvalue weighted by molar-refractivity contribution is 4.79. The lowest BCUT2D eigenvalue weighted by Gasteiger charge is -2.35. The zero-order valence-corrected chi connectivity index (χ0v) is 9.83. The third-order valence-electron chi connectivity index (χ3n) is 2.49. The first-order valence-corrected chi connectivity index (χ1v) is 5.71. The molecule has 1 heterocycles. The first-order chi connectivity index (χ1) is 7.81. The SMILES string of the molecule is CCO[C@@H]1CC[C@@H](OCC)[C@@H](CN=[N+]=[N-])O1. The molecule has 0 aromatic rings. The van der Waals surface area contributed by atoms with Crippen LogP contribution in [0, 0.1) is 0 Å². The molecule has 92 valence electrons. The Morgan fingerprint density at radius 1 is 1.31 bits per heavy atom. The number of hydrogen-bond donors (Lipinski definition) is 0. The van der Waals surface area contributed by atoms with Crippen LogP contribution in [0.15, 0.2) is 5.11 Å². The molecule has 0 unspecified atom stereocenters. The van der Waals surface area contributed by atoms with Gasteiger partial charge in [-0.15, -0.1) is 0 Å². The zero-order valence-electron chi connectivity index (χ0n) is 9.83. The molecule has 0 aromatic heterocycles. The summed E-state index contributed by atoms with van der Waals surface area (Å²) in [5.41, 5.74) is 8.31. The molecule has 6 heteroatoms. The number of hydrogen-bond acceptors (Lipinski definition) is 4. The van der Waals surface area contributed by atoms with E-state index in [0.29, 0.717) is 19.8 Å².